The van der Waals surface area contributed by atoms with E-state index in [4.69, 9.17) is 16.3 Å². The van der Waals surface area contributed by atoms with Crippen LogP contribution in [-0.4, -0.2) is 12.2 Å². The highest BCUT2D eigenvalue weighted by molar-refractivity contribution is 6.32. The number of ether oxygens (including phenoxy) is 1. The van der Waals surface area contributed by atoms with Crippen molar-refractivity contribution in [2.24, 2.45) is 17.8 Å². The molecule has 21 heavy (non-hydrogen) atoms. The van der Waals surface area contributed by atoms with Gasteiger partial charge in [0, 0.05) is 0 Å². The van der Waals surface area contributed by atoms with E-state index in [0.717, 1.165) is 23.8 Å². The molecule has 0 amide bonds. The second-order valence-electron chi connectivity index (χ2n) is 6.72. The molecule has 4 atom stereocenters. The third-order valence-electron chi connectivity index (χ3n) is 5.54. The first-order chi connectivity index (χ1) is 10.2. The molecule has 1 aromatic carbocycles. The van der Waals surface area contributed by atoms with Crippen LogP contribution in [0.2, 0.25) is 5.02 Å². The molecule has 3 rings (SSSR count). The lowest BCUT2D eigenvalue weighted by atomic mass is 9.66. The van der Waals surface area contributed by atoms with Gasteiger partial charge in [-0.15, -0.1) is 0 Å². The molecule has 2 aliphatic rings. The van der Waals surface area contributed by atoms with E-state index in [9.17, 15) is 5.11 Å². The third-order valence-corrected chi connectivity index (χ3v) is 5.84. The highest BCUT2D eigenvalue weighted by Gasteiger charge is 2.35. The summed E-state index contributed by atoms with van der Waals surface area (Å²) in [5, 5.41) is 11.3. The van der Waals surface area contributed by atoms with Gasteiger partial charge in [0.15, 0.2) is 0 Å². The maximum Gasteiger partial charge on any atom is 0.137 e. The zero-order valence-electron chi connectivity index (χ0n) is 12.7. The largest absolute Gasteiger partial charge is 0.495 e. The molecule has 0 heterocycles. The second kappa shape index (κ2) is 6.58. The molecule has 2 aliphatic carbocycles. The van der Waals surface area contributed by atoms with E-state index in [1.807, 2.05) is 18.2 Å². The van der Waals surface area contributed by atoms with Crippen LogP contribution in [-0.2, 0) is 0 Å². The molecule has 3 heteroatoms. The summed E-state index contributed by atoms with van der Waals surface area (Å²) >= 11 is 6.19. The van der Waals surface area contributed by atoms with Crippen LogP contribution in [0.5, 0.6) is 5.75 Å². The Balaban J connectivity index is 1.70. The maximum absolute atomic E-state index is 10.7. The number of hydrogen-bond acceptors (Lipinski definition) is 2. The molecule has 1 aromatic rings. The van der Waals surface area contributed by atoms with Gasteiger partial charge >= 0.3 is 0 Å². The van der Waals surface area contributed by atoms with Crippen LogP contribution >= 0.6 is 11.6 Å². The maximum atomic E-state index is 10.7. The number of aliphatic hydroxyl groups is 1. The van der Waals surface area contributed by atoms with Gasteiger partial charge in [-0.3, -0.25) is 0 Å². The molecule has 2 saturated carbocycles. The van der Waals surface area contributed by atoms with Crippen LogP contribution in [0.25, 0.3) is 0 Å². The minimum atomic E-state index is -0.392. The Morgan fingerprint density at radius 3 is 2.62 bits per heavy atom. The van der Waals surface area contributed by atoms with Gasteiger partial charge in [-0.2, -0.15) is 0 Å². The number of halogens is 1. The molecular weight excluding hydrogens is 284 g/mol. The Kier molecular flexibility index (Phi) is 4.75. The molecular formula is C18H25ClO2. The predicted molar refractivity (Wildman–Crippen MR) is 85.8 cm³/mol. The Hall–Kier alpha value is -0.730. The van der Waals surface area contributed by atoms with Crippen molar-refractivity contribution in [2.75, 3.05) is 7.11 Å². The average Bonchev–Trinajstić information content (AvgIpc) is 2.53. The molecule has 2 fully saturated rings. The van der Waals surface area contributed by atoms with Crippen molar-refractivity contribution in [1.29, 1.82) is 0 Å². The summed E-state index contributed by atoms with van der Waals surface area (Å²) in [7, 11) is 1.61. The first-order valence-electron chi connectivity index (χ1n) is 8.20. The molecule has 1 N–H and O–H groups in total. The summed E-state index contributed by atoms with van der Waals surface area (Å²) in [6, 6.07) is 5.66. The van der Waals surface area contributed by atoms with Crippen molar-refractivity contribution in [3.05, 3.63) is 28.8 Å². The van der Waals surface area contributed by atoms with Crippen molar-refractivity contribution < 1.29 is 9.84 Å². The van der Waals surface area contributed by atoms with Crippen LogP contribution < -0.4 is 4.74 Å². The number of benzene rings is 1. The summed E-state index contributed by atoms with van der Waals surface area (Å²) in [4.78, 5) is 0. The molecule has 0 radical (unpaired) electrons. The van der Waals surface area contributed by atoms with E-state index in [1.54, 1.807) is 7.11 Å². The highest BCUT2D eigenvalue weighted by Crippen LogP contribution is 2.46. The van der Waals surface area contributed by atoms with Gasteiger partial charge in [-0.25, -0.2) is 0 Å². The third kappa shape index (κ3) is 3.22. The lowest BCUT2D eigenvalue weighted by molar-refractivity contribution is 0.0349. The van der Waals surface area contributed by atoms with E-state index >= 15 is 0 Å². The fourth-order valence-electron chi connectivity index (χ4n) is 4.34. The van der Waals surface area contributed by atoms with Crippen molar-refractivity contribution in [3.63, 3.8) is 0 Å². The van der Waals surface area contributed by atoms with E-state index in [-0.39, 0.29) is 0 Å². The Labute approximate surface area is 132 Å². The lowest BCUT2D eigenvalue weighted by Gasteiger charge is -2.40. The fraction of sp³-hybridized carbons (Fsp3) is 0.667. The molecule has 0 spiro atoms. The quantitative estimate of drug-likeness (QED) is 0.852. The predicted octanol–water partition coefficient (Wildman–Crippen LogP) is 4.99. The van der Waals surface area contributed by atoms with Crippen LogP contribution in [0.4, 0.5) is 0 Å². The molecule has 4 unspecified atom stereocenters. The van der Waals surface area contributed by atoms with Gasteiger partial charge < -0.3 is 9.84 Å². The van der Waals surface area contributed by atoms with Gasteiger partial charge in [0.05, 0.1) is 18.2 Å². The summed E-state index contributed by atoms with van der Waals surface area (Å²) in [6.07, 6.45) is 8.76. The smallest absolute Gasteiger partial charge is 0.137 e. The molecule has 0 aliphatic heterocycles. The number of aliphatic hydroxyl groups excluding tert-OH is 1. The van der Waals surface area contributed by atoms with Gasteiger partial charge in [-0.1, -0.05) is 43.4 Å². The first-order valence-corrected chi connectivity index (χ1v) is 8.58. The van der Waals surface area contributed by atoms with E-state index in [1.165, 1.54) is 38.5 Å². The van der Waals surface area contributed by atoms with Crippen LogP contribution in [0.1, 0.15) is 56.6 Å². The summed E-state index contributed by atoms with van der Waals surface area (Å²) < 4.78 is 5.18. The van der Waals surface area contributed by atoms with Crippen LogP contribution in [0.15, 0.2) is 18.2 Å². The summed E-state index contributed by atoms with van der Waals surface area (Å²) in [5.41, 5.74) is 0.931. The number of rotatable bonds is 3. The Morgan fingerprint density at radius 1 is 1.14 bits per heavy atom. The van der Waals surface area contributed by atoms with Gasteiger partial charge in [-0.05, 0) is 54.7 Å². The van der Waals surface area contributed by atoms with Crippen LogP contribution in [0, 0.1) is 17.8 Å². The minimum Gasteiger partial charge on any atom is -0.495 e. The topological polar surface area (TPSA) is 29.5 Å². The standard InChI is InChI=1S/C18H25ClO2/c1-21-17-9-8-15(11-16(17)19)18(20)14-7-6-12-4-2-3-5-13(12)10-14/h8-9,11-14,18,20H,2-7,10H2,1H3. The molecule has 2 nitrogen and oxygen atoms in total. The number of methoxy groups -OCH3 is 1. The van der Waals surface area contributed by atoms with Crippen molar-refractivity contribution in [2.45, 2.75) is 51.0 Å². The highest BCUT2D eigenvalue weighted by atomic mass is 35.5. The SMILES string of the molecule is COc1ccc(C(O)C2CCC3CCCCC3C2)cc1Cl. The Morgan fingerprint density at radius 2 is 1.90 bits per heavy atom. The summed E-state index contributed by atoms with van der Waals surface area (Å²) in [5.74, 6) is 2.81. The second-order valence-corrected chi connectivity index (χ2v) is 7.12. The number of fused-ring (bicyclic) bond motifs is 1. The van der Waals surface area contributed by atoms with Crippen molar-refractivity contribution in [1.82, 2.24) is 0 Å². The average molecular weight is 309 g/mol. The normalized spacial score (nSPS) is 30.5. The van der Waals surface area contributed by atoms with E-state index in [0.29, 0.717) is 16.7 Å². The molecule has 0 bridgehead atoms. The zero-order chi connectivity index (χ0) is 14.8. The van der Waals surface area contributed by atoms with Crippen molar-refractivity contribution in [3.8, 4) is 5.75 Å². The van der Waals surface area contributed by atoms with Gasteiger partial charge in [0.25, 0.3) is 0 Å². The lowest BCUT2D eigenvalue weighted by Crippen LogP contribution is -2.30. The Bertz CT molecular complexity index is 488. The minimum absolute atomic E-state index is 0.383. The summed E-state index contributed by atoms with van der Waals surface area (Å²) in [6.45, 7) is 0. The molecule has 0 saturated heterocycles. The monoisotopic (exact) mass is 308 g/mol. The fourth-order valence-corrected chi connectivity index (χ4v) is 4.60. The molecule has 116 valence electrons. The van der Waals surface area contributed by atoms with E-state index < -0.39 is 6.10 Å². The molecule has 0 aromatic heterocycles. The first kappa shape index (κ1) is 15.2. The van der Waals surface area contributed by atoms with E-state index in [2.05, 4.69) is 0 Å². The van der Waals surface area contributed by atoms with Gasteiger partial charge in [0.2, 0.25) is 0 Å². The zero-order valence-corrected chi connectivity index (χ0v) is 13.5. The van der Waals surface area contributed by atoms with Crippen molar-refractivity contribution >= 4 is 11.6 Å². The van der Waals surface area contributed by atoms with Crippen LogP contribution in [0.3, 0.4) is 0 Å². The number of hydrogen-bond donors (Lipinski definition) is 1. The van der Waals surface area contributed by atoms with Gasteiger partial charge in [0.1, 0.15) is 5.75 Å².